The summed E-state index contributed by atoms with van der Waals surface area (Å²) in [4.78, 5) is 18.8. The molecule has 0 fully saturated rings. The third-order valence-corrected chi connectivity index (χ3v) is 4.50. The molecule has 1 atom stereocenters. The van der Waals surface area contributed by atoms with Crippen LogP contribution in [-0.2, 0) is 11.3 Å². The first-order valence-electron chi connectivity index (χ1n) is 9.34. The molecule has 2 aromatic carbocycles. The van der Waals surface area contributed by atoms with E-state index in [4.69, 9.17) is 9.26 Å². The van der Waals surface area contributed by atoms with Crippen LogP contribution in [0.5, 0.6) is 5.75 Å². The average Bonchev–Trinajstić information content (AvgIpc) is 3.15. The first-order chi connectivity index (χ1) is 13.5. The number of likely N-dealkylation sites (N-methyl/N-ethyl adjacent to an activating group) is 1. The highest BCUT2D eigenvalue weighted by Gasteiger charge is 2.24. The van der Waals surface area contributed by atoms with Crippen molar-refractivity contribution in [2.75, 3.05) is 7.05 Å². The Morgan fingerprint density at radius 3 is 2.68 bits per heavy atom. The number of nitrogens with zero attached hydrogens (tertiary/aromatic N) is 3. The second-order valence-electron chi connectivity index (χ2n) is 6.86. The van der Waals surface area contributed by atoms with Gasteiger partial charge in [-0.2, -0.15) is 4.98 Å². The molecule has 0 saturated heterocycles. The Hall–Kier alpha value is -3.15. The number of carbonyl (C=O) groups is 1. The maximum atomic E-state index is 12.8. The van der Waals surface area contributed by atoms with E-state index in [2.05, 4.69) is 10.1 Å². The number of hydrogen-bond acceptors (Lipinski definition) is 5. The van der Waals surface area contributed by atoms with Gasteiger partial charge in [0, 0.05) is 12.6 Å². The van der Waals surface area contributed by atoms with Gasteiger partial charge in [0.05, 0.1) is 6.54 Å². The summed E-state index contributed by atoms with van der Waals surface area (Å²) in [7, 11) is 1.71. The average molecular weight is 379 g/mol. The van der Waals surface area contributed by atoms with Gasteiger partial charge in [-0.3, -0.25) is 4.79 Å². The van der Waals surface area contributed by atoms with Crippen molar-refractivity contribution in [2.24, 2.45) is 0 Å². The van der Waals surface area contributed by atoms with Crippen LogP contribution < -0.4 is 4.74 Å². The lowest BCUT2D eigenvalue weighted by Crippen LogP contribution is -2.39. The van der Waals surface area contributed by atoms with Crippen molar-refractivity contribution in [2.45, 2.75) is 39.8 Å². The first-order valence-corrected chi connectivity index (χ1v) is 9.34. The fourth-order valence-corrected chi connectivity index (χ4v) is 2.90. The largest absolute Gasteiger partial charge is 0.480 e. The maximum Gasteiger partial charge on any atom is 0.263 e. The van der Waals surface area contributed by atoms with Gasteiger partial charge in [0.1, 0.15) is 5.75 Å². The normalized spacial score (nSPS) is 11.9. The van der Waals surface area contributed by atoms with E-state index in [9.17, 15) is 4.79 Å². The maximum absolute atomic E-state index is 12.8. The summed E-state index contributed by atoms with van der Waals surface area (Å²) in [6.07, 6.45) is 0.000791. The molecule has 0 spiro atoms. The lowest BCUT2D eigenvalue weighted by molar-refractivity contribution is -0.138. The minimum Gasteiger partial charge on any atom is -0.480 e. The lowest BCUT2D eigenvalue weighted by atomic mass is 10.1. The van der Waals surface area contributed by atoms with E-state index >= 15 is 0 Å². The molecule has 6 nitrogen and oxygen atoms in total. The van der Waals surface area contributed by atoms with Crippen LogP contribution in [0.1, 0.15) is 30.4 Å². The summed E-state index contributed by atoms with van der Waals surface area (Å²) >= 11 is 0. The van der Waals surface area contributed by atoms with Gasteiger partial charge >= 0.3 is 0 Å². The minimum absolute atomic E-state index is 0.124. The monoisotopic (exact) mass is 379 g/mol. The smallest absolute Gasteiger partial charge is 0.263 e. The second-order valence-corrected chi connectivity index (χ2v) is 6.86. The van der Waals surface area contributed by atoms with Crippen molar-refractivity contribution in [1.29, 1.82) is 0 Å². The Morgan fingerprint density at radius 2 is 1.96 bits per heavy atom. The topological polar surface area (TPSA) is 68.5 Å². The van der Waals surface area contributed by atoms with Gasteiger partial charge in [-0.1, -0.05) is 54.0 Å². The van der Waals surface area contributed by atoms with E-state index in [1.165, 1.54) is 0 Å². The van der Waals surface area contributed by atoms with Gasteiger partial charge in [0.15, 0.2) is 6.10 Å². The predicted octanol–water partition coefficient (Wildman–Crippen LogP) is 4.17. The molecule has 6 heteroatoms. The predicted molar refractivity (Wildman–Crippen MR) is 107 cm³/mol. The number of rotatable bonds is 7. The molecule has 3 rings (SSSR count). The quantitative estimate of drug-likeness (QED) is 0.616. The number of carbonyl (C=O) groups excluding carboxylic acids is 1. The summed E-state index contributed by atoms with van der Waals surface area (Å²) in [5.74, 6) is 1.50. The molecule has 1 aromatic heterocycles. The van der Waals surface area contributed by atoms with Crippen LogP contribution >= 0.6 is 0 Å². The van der Waals surface area contributed by atoms with E-state index in [1.54, 1.807) is 11.9 Å². The number of benzene rings is 2. The van der Waals surface area contributed by atoms with Crippen molar-refractivity contribution in [3.8, 4) is 17.1 Å². The molecule has 0 aliphatic heterocycles. The summed E-state index contributed by atoms with van der Waals surface area (Å²) in [6.45, 7) is 6.13. The SMILES string of the molecule is CCC(Oc1ccccc1C)C(=O)N(C)Cc1nc(-c2cccc(C)c2)no1. The van der Waals surface area contributed by atoms with Crippen molar-refractivity contribution in [3.63, 3.8) is 0 Å². The number of aromatic nitrogens is 2. The van der Waals surface area contributed by atoms with Gasteiger partial charge in [-0.15, -0.1) is 0 Å². The van der Waals surface area contributed by atoms with Crippen LogP contribution in [0.3, 0.4) is 0 Å². The van der Waals surface area contributed by atoms with Crippen LogP contribution in [0.25, 0.3) is 11.4 Å². The molecule has 0 saturated carbocycles. The Kier molecular flexibility index (Phi) is 6.09. The molecule has 0 aliphatic carbocycles. The summed E-state index contributed by atoms with van der Waals surface area (Å²) in [5, 5.41) is 4.03. The van der Waals surface area contributed by atoms with Crippen molar-refractivity contribution in [3.05, 3.63) is 65.5 Å². The molecule has 0 bridgehead atoms. The van der Waals surface area contributed by atoms with Crippen molar-refractivity contribution < 1.29 is 14.1 Å². The first kappa shape index (κ1) is 19.6. The van der Waals surface area contributed by atoms with Gasteiger partial charge in [-0.25, -0.2) is 0 Å². The lowest BCUT2D eigenvalue weighted by Gasteiger charge is -2.23. The van der Waals surface area contributed by atoms with E-state index in [-0.39, 0.29) is 12.5 Å². The third kappa shape index (κ3) is 4.57. The van der Waals surface area contributed by atoms with E-state index in [0.29, 0.717) is 18.1 Å². The molecular weight excluding hydrogens is 354 g/mol. The van der Waals surface area contributed by atoms with Crippen LogP contribution in [0, 0.1) is 13.8 Å². The Morgan fingerprint density at radius 1 is 1.18 bits per heavy atom. The number of amides is 1. The number of aryl methyl sites for hydroxylation is 2. The highest BCUT2D eigenvalue weighted by Crippen LogP contribution is 2.21. The number of hydrogen-bond donors (Lipinski definition) is 0. The zero-order valence-corrected chi connectivity index (χ0v) is 16.7. The molecule has 0 aliphatic rings. The molecule has 1 amide bonds. The molecule has 3 aromatic rings. The zero-order chi connectivity index (χ0) is 20.1. The molecule has 1 unspecified atom stereocenters. The molecule has 1 heterocycles. The van der Waals surface area contributed by atoms with Gasteiger partial charge < -0.3 is 14.2 Å². The summed E-state index contributed by atoms with van der Waals surface area (Å²) in [5.41, 5.74) is 3.00. The summed E-state index contributed by atoms with van der Waals surface area (Å²) in [6, 6.07) is 15.6. The van der Waals surface area contributed by atoms with Crippen molar-refractivity contribution in [1.82, 2.24) is 15.0 Å². The molecule has 0 radical (unpaired) electrons. The van der Waals surface area contributed by atoms with Gasteiger partial charge in [0.25, 0.3) is 5.91 Å². The Balaban J connectivity index is 1.67. The fraction of sp³-hybridized carbons (Fsp3) is 0.318. The Labute approximate surface area is 165 Å². The highest BCUT2D eigenvalue weighted by atomic mass is 16.5. The van der Waals surface area contributed by atoms with Crippen LogP contribution in [0.2, 0.25) is 0 Å². The second kappa shape index (κ2) is 8.69. The van der Waals surface area contributed by atoms with Crippen LogP contribution in [-0.4, -0.2) is 34.1 Å². The Bertz CT molecular complexity index is 951. The van der Waals surface area contributed by atoms with Gasteiger partial charge in [-0.05, 0) is 38.0 Å². The molecular formula is C22H25N3O3. The number of ether oxygens (including phenoxy) is 1. The summed E-state index contributed by atoms with van der Waals surface area (Å²) < 4.78 is 11.3. The third-order valence-electron chi connectivity index (χ3n) is 4.50. The minimum atomic E-state index is -0.565. The number of para-hydroxylation sites is 1. The zero-order valence-electron chi connectivity index (χ0n) is 16.7. The van der Waals surface area contributed by atoms with E-state index < -0.39 is 6.10 Å². The van der Waals surface area contributed by atoms with E-state index in [1.807, 2.05) is 69.3 Å². The highest BCUT2D eigenvalue weighted by molar-refractivity contribution is 5.81. The molecule has 28 heavy (non-hydrogen) atoms. The van der Waals surface area contributed by atoms with E-state index in [0.717, 1.165) is 22.4 Å². The van der Waals surface area contributed by atoms with Crippen LogP contribution in [0.15, 0.2) is 53.1 Å². The fourth-order valence-electron chi connectivity index (χ4n) is 2.90. The van der Waals surface area contributed by atoms with Crippen molar-refractivity contribution >= 4 is 5.91 Å². The van der Waals surface area contributed by atoms with Gasteiger partial charge in [0.2, 0.25) is 11.7 Å². The standard InChI is InChI=1S/C22H25N3O3/c1-5-18(27-19-12-7-6-10-16(19)3)22(26)25(4)14-20-23-21(24-28-20)17-11-8-9-15(2)13-17/h6-13,18H,5,14H2,1-4H3. The van der Waals surface area contributed by atoms with Crippen LogP contribution in [0.4, 0.5) is 0 Å². The molecule has 146 valence electrons. The molecule has 0 N–H and O–H groups in total.